The van der Waals surface area contributed by atoms with Crippen LogP contribution in [-0.4, -0.2) is 38.2 Å². The number of nitrogens with zero attached hydrogens (tertiary/aromatic N) is 3. The number of halogens is 1. The summed E-state index contributed by atoms with van der Waals surface area (Å²) in [6.07, 6.45) is 7.77. The molecule has 0 unspecified atom stereocenters. The molecule has 0 aliphatic carbocycles. The van der Waals surface area contributed by atoms with Crippen molar-refractivity contribution in [3.63, 3.8) is 0 Å². The van der Waals surface area contributed by atoms with Gasteiger partial charge in [0.1, 0.15) is 11.6 Å². The maximum atomic E-state index is 13.2. The number of aromatic amines is 2. The number of imidazole rings is 1. The molecule has 0 radical (unpaired) electrons. The molecule has 3 heterocycles. The Morgan fingerprint density at radius 2 is 2.12 bits per heavy atom. The Bertz CT molecular complexity index is 778. The monoisotopic (exact) mass is 325 g/mol. The van der Waals surface area contributed by atoms with E-state index >= 15 is 0 Å². The normalized spacial score (nSPS) is 18.8. The molecule has 1 atom stereocenters. The number of likely N-dealkylation sites (tertiary alicyclic amines) is 1. The van der Waals surface area contributed by atoms with Crippen LogP contribution in [0, 0.1) is 5.82 Å². The smallest absolute Gasteiger partial charge is 0.123 e. The number of piperidine rings is 1. The van der Waals surface area contributed by atoms with Gasteiger partial charge in [0, 0.05) is 36.1 Å². The van der Waals surface area contributed by atoms with E-state index in [1.165, 1.54) is 12.1 Å². The highest BCUT2D eigenvalue weighted by molar-refractivity contribution is 5.65. The highest BCUT2D eigenvalue weighted by atomic mass is 19.1. The van der Waals surface area contributed by atoms with Crippen LogP contribution in [0.3, 0.4) is 0 Å². The molecule has 0 saturated carbocycles. The molecule has 5 nitrogen and oxygen atoms in total. The third-order valence-electron chi connectivity index (χ3n) is 4.67. The van der Waals surface area contributed by atoms with Gasteiger partial charge >= 0.3 is 0 Å². The topological polar surface area (TPSA) is 60.6 Å². The van der Waals surface area contributed by atoms with Crippen molar-refractivity contribution in [1.82, 2.24) is 25.1 Å². The van der Waals surface area contributed by atoms with Crippen molar-refractivity contribution in [2.45, 2.75) is 25.3 Å². The molecule has 1 aliphatic heterocycles. The molecule has 6 heteroatoms. The van der Waals surface area contributed by atoms with Gasteiger partial charge in [-0.25, -0.2) is 9.37 Å². The minimum atomic E-state index is -0.217. The van der Waals surface area contributed by atoms with Crippen molar-refractivity contribution in [3.05, 3.63) is 60.2 Å². The van der Waals surface area contributed by atoms with Gasteiger partial charge in [-0.3, -0.25) is 10.00 Å². The fourth-order valence-electron chi connectivity index (χ4n) is 3.50. The van der Waals surface area contributed by atoms with Crippen molar-refractivity contribution in [2.75, 3.05) is 13.1 Å². The summed E-state index contributed by atoms with van der Waals surface area (Å²) in [6.45, 7) is 2.89. The maximum absolute atomic E-state index is 13.2. The molecule has 1 aromatic carbocycles. The molecule has 1 aliphatic rings. The summed E-state index contributed by atoms with van der Waals surface area (Å²) in [4.78, 5) is 9.91. The summed E-state index contributed by atoms with van der Waals surface area (Å²) >= 11 is 0. The van der Waals surface area contributed by atoms with Gasteiger partial charge in [-0.2, -0.15) is 5.10 Å². The van der Waals surface area contributed by atoms with Gasteiger partial charge in [0.15, 0.2) is 0 Å². The number of aromatic nitrogens is 4. The van der Waals surface area contributed by atoms with Crippen LogP contribution in [0.2, 0.25) is 0 Å². The number of rotatable bonds is 4. The zero-order valence-corrected chi connectivity index (χ0v) is 13.4. The molecule has 1 saturated heterocycles. The first-order chi connectivity index (χ1) is 11.8. The summed E-state index contributed by atoms with van der Waals surface area (Å²) < 4.78 is 13.2. The summed E-state index contributed by atoms with van der Waals surface area (Å²) in [5.74, 6) is 1.18. The molecule has 2 aromatic heterocycles. The SMILES string of the molecule is Fc1ccc(-c2cn[nH]c2[C@@H]2CCCN(Cc3ncc[nH]3)C2)cc1. The number of hydrogen-bond donors (Lipinski definition) is 2. The average Bonchev–Trinajstić information content (AvgIpc) is 3.27. The largest absolute Gasteiger partial charge is 0.348 e. The van der Waals surface area contributed by atoms with E-state index in [-0.39, 0.29) is 5.82 Å². The van der Waals surface area contributed by atoms with Crippen LogP contribution < -0.4 is 0 Å². The molecule has 3 aromatic rings. The number of nitrogens with one attached hydrogen (secondary N) is 2. The van der Waals surface area contributed by atoms with E-state index in [0.29, 0.717) is 5.92 Å². The molecule has 0 bridgehead atoms. The zero-order chi connectivity index (χ0) is 16.4. The van der Waals surface area contributed by atoms with Gasteiger partial charge in [-0.15, -0.1) is 0 Å². The lowest BCUT2D eigenvalue weighted by atomic mass is 9.90. The fraction of sp³-hybridized carbons (Fsp3) is 0.333. The second-order valence-corrected chi connectivity index (χ2v) is 6.31. The molecule has 0 amide bonds. The van der Waals surface area contributed by atoms with Crippen molar-refractivity contribution < 1.29 is 4.39 Å². The zero-order valence-electron chi connectivity index (χ0n) is 13.4. The molecule has 4 rings (SSSR count). The maximum Gasteiger partial charge on any atom is 0.123 e. The quantitative estimate of drug-likeness (QED) is 0.773. The second-order valence-electron chi connectivity index (χ2n) is 6.31. The lowest BCUT2D eigenvalue weighted by Crippen LogP contribution is -2.34. The minimum Gasteiger partial charge on any atom is -0.348 e. The Kier molecular flexibility index (Phi) is 4.13. The Morgan fingerprint density at radius 3 is 2.92 bits per heavy atom. The van der Waals surface area contributed by atoms with Crippen LogP contribution in [0.1, 0.15) is 30.3 Å². The van der Waals surface area contributed by atoms with Gasteiger partial charge in [0.25, 0.3) is 0 Å². The van der Waals surface area contributed by atoms with Crippen molar-refractivity contribution >= 4 is 0 Å². The predicted octanol–water partition coefficient (Wildman–Crippen LogP) is 3.32. The van der Waals surface area contributed by atoms with Crippen LogP contribution in [0.5, 0.6) is 0 Å². The first-order valence-corrected chi connectivity index (χ1v) is 8.29. The van der Waals surface area contributed by atoms with Crippen molar-refractivity contribution in [1.29, 1.82) is 0 Å². The van der Waals surface area contributed by atoms with Gasteiger partial charge < -0.3 is 4.98 Å². The molecule has 2 N–H and O–H groups in total. The standard InChI is InChI=1S/C18H20FN5/c19-15-5-3-13(4-6-15)16-10-22-23-18(16)14-2-1-9-24(11-14)12-17-20-7-8-21-17/h3-8,10,14H,1-2,9,11-12H2,(H,20,21)(H,22,23)/t14-/m1/s1. The van der Waals surface area contributed by atoms with E-state index in [4.69, 9.17) is 0 Å². The Labute approximate surface area is 139 Å². The van der Waals surface area contributed by atoms with Crippen LogP contribution in [0.25, 0.3) is 11.1 Å². The second kappa shape index (κ2) is 6.57. The highest BCUT2D eigenvalue weighted by Gasteiger charge is 2.25. The lowest BCUT2D eigenvalue weighted by molar-refractivity contribution is 0.195. The third-order valence-corrected chi connectivity index (χ3v) is 4.67. The van der Waals surface area contributed by atoms with Crippen LogP contribution in [-0.2, 0) is 6.54 Å². The lowest BCUT2D eigenvalue weighted by Gasteiger charge is -2.32. The van der Waals surface area contributed by atoms with E-state index in [1.807, 2.05) is 24.5 Å². The number of H-pyrrole nitrogens is 2. The Hall–Kier alpha value is -2.47. The van der Waals surface area contributed by atoms with E-state index in [1.54, 1.807) is 6.20 Å². The summed E-state index contributed by atoms with van der Waals surface area (Å²) in [5.41, 5.74) is 3.22. The van der Waals surface area contributed by atoms with Gasteiger partial charge in [-0.05, 0) is 37.1 Å². The highest BCUT2D eigenvalue weighted by Crippen LogP contribution is 2.33. The minimum absolute atomic E-state index is 0.217. The van der Waals surface area contributed by atoms with Gasteiger partial charge in [0.2, 0.25) is 0 Å². The van der Waals surface area contributed by atoms with E-state index in [0.717, 1.165) is 55.1 Å². The van der Waals surface area contributed by atoms with E-state index in [2.05, 4.69) is 25.1 Å². The average molecular weight is 325 g/mol. The summed E-state index contributed by atoms with van der Waals surface area (Å²) in [5, 5.41) is 7.42. The van der Waals surface area contributed by atoms with E-state index < -0.39 is 0 Å². The van der Waals surface area contributed by atoms with Gasteiger partial charge in [0.05, 0.1) is 12.7 Å². The Morgan fingerprint density at radius 1 is 1.25 bits per heavy atom. The molecular weight excluding hydrogens is 305 g/mol. The van der Waals surface area contributed by atoms with Crippen molar-refractivity contribution in [3.8, 4) is 11.1 Å². The predicted molar refractivity (Wildman–Crippen MR) is 89.8 cm³/mol. The molecule has 124 valence electrons. The van der Waals surface area contributed by atoms with Crippen LogP contribution in [0.4, 0.5) is 4.39 Å². The molecule has 24 heavy (non-hydrogen) atoms. The van der Waals surface area contributed by atoms with Gasteiger partial charge in [-0.1, -0.05) is 12.1 Å². The number of hydrogen-bond acceptors (Lipinski definition) is 3. The third kappa shape index (κ3) is 3.10. The molecular formula is C18H20FN5. The molecule has 0 spiro atoms. The number of benzene rings is 1. The molecule has 1 fully saturated rings. The summed E-state index contributed by atoms with van der Waals surface area (Å²) in [7, 11) is 0. The first kappa shape index (κ1) is 15.1. The van der Waals surface area contributed by atoms with Crippen LogP contribution in [0.15, 0.2) is 42.9 Å². The summed E-state index contributed by atoms with van der Waals surface area (Å²) in [6, 6.07) is 6.62. The van der Waals surface area contributed by atoms with E-state index in [9.17, 15) is 4.39 Å². The van der Waals surface area contributed by atoms with Crippen LogP contribution >= 0.6 is 0 Å². The Balaban J connectivity index is 1.53. The first-order valence-electron chi connectivity index (χ1n) is 8.29. The fourth-order valence-corrected chi connectivity index (χ4v) is 3.50. The van der Waals surface area contributed by atoms with Crippen molar-refractivity contribution in [2.24, 2.45) is 0 Å².